The van der Waals surface area contributed by atoms with E-state index in [-0.39, 0.29) is 11.3 Å². The molecular formula is C17H26N4O2. The number of aromatic nitrogens is 2. The van der Waals surface area contributed by atoms with Crippen molar-refractivity contribution >= 4 is 5.91 Å². The number of carbonyl (C=O) groups is 1. The van der Waals surface area contributed by atoms with Crippen LogP contribution in [0.2, 0.25) is 0 Å². The maximum atomic E-state index is 12.8. The SMILES string of the molecule is Cc1cc(-n2c(C)cc(C(=O)N(C)CC(C)(C)CN)c2C)no1. The normalized spacial score (nSPS) is 11.8. The molecule has 0 aliphatic carbocycles. The molecule has 2 aromatic heterocycles. The monoisotopic (exact) mass is 318 g/mol. The zero-order valence-corrected chi connectivity index (χ0v) is 14.8. The number of amides is 1. The van der Waals surface area contributed by atoms with Gasteiger partial charge in [0, 0.05) is 31.0 Å². The standard InChI is InChI=1S/C17H26N4O2/c1-11-7-14(16(22)20(6)10-17(4,5)9-18)13(3)21(11)15-8-12(2)23-19-15/h7-8H,9-10,18H2,1-6H3. The van der Waals surface area contributed by atoms with E-state index in [1.165, 1.54) is 0 Å². The van der Waals surface area contributed by atoms with E-state index in [1.54, 1.807) is 4.90 Å². The van der Waals surface area contributed by atoms with Gasteiger partial charge in [0.1, 0.15) is 5.76 Å². The molecule has 0 unspecified atom stereocenters. The Labute approximate surface area is 137 Å². The highest BCUT2D eigenvalue weighted by atomic mass is 16.5. The first-order valence-electron chi connectivity index (χ1n) is 7.74. The van der Waals surface area contributed by atoms with Gasteiger partial charge in [-0.2, -0.15) is 0 Å². The van der Waals surface area contributed by atoms with Crippen LogP contribution in [0.3, 0.4) is 0 Å². The molecule has 0 spiro atoms. The van der Waals surface area contributed by atoms with Crippen LogP contribution in [-0.2, 0) is 0 Å². The van der Waals surface area contributed by atoms with E-state index in [1.807, 2.05) is 44.5 Å². The van der Waals surface area contributed by atoms with Crippen LogP contribution in [0.5, 0.6) is 0 Å². The van der Waals surface area contributed by atoms with Crippen LogP contribution < -0.4 is 5.73 Å². The van der Waals surface area contributed by atoms with Crippen LogP contribution in [0.4, 0.5) is 0 Å². The molecule has 2 aromatic rings. The fraction of sp³-hybridized carbons (Fsp3) is 0.529. The number of rotatable bonds is 5. The lowest BCUT2D eigenvalue weighted by molar-refractivity contribution is 0.0740. The third-order valence-electron chi connectivity index (χ3n) is 4.07. The van der Waals surface area contributed by atoms with Crippen molar-refractivity contribution in [2.45, 2.75) is 34.6 Å². The zero-order valence-electron chi connectivity index (χ0n) is 14.8. The van der Waals surface area contributed by atoms with Gasteiger partial charge in [0.25, 0.3) is 5.91 Å². The van der Waals surface area contributed by atoms with Crippen molar-refractivity contribution in [3.05, 3.63) is 34.8 Å². The minimum atomic E-state index is -0.112. The van der Waals surface area contributed by atoms with Gasteiger partial charge in [0.05, 0.1) is 5.56 Å². The summed E-state index contributed by atoms with van der Waals surface area (Å²) in [6.07, 6.45) is 0. The molecule has 23 heavy (non-hydrogen) atoms. The summed E-state index contributed by atoms with van der Waals surface area (Å²) < 4.78 is 7.08. The second-order valence-corrected chi connectivity index (χ2v) is 6.95. The molecule has 0 bridgehead atoms. The maximum absolute atomic E-state index is 12.8. The molecule has 1 amide bonds. The van der Waals surface area contributed by atoms with Crippen molar-refractivity contribution in [3.63, 3.8) is 0 Å². The summed E-state index contributed by atoms with van der Waals surface area (Å²) in [7, 11) is 1.81. The van der Waals surface area contributed by atoms with E-state index in [4.69, 9.17) is 10.3 Å². The quantitative estimate of drug-likeness (QED) is 0.918. The Kier molecular flexibility index (Phi) is 4.66. The Hall–Kier alpha value is -2.08. The van der Waals surface area contributed by atoms with Gasteiger partial charge in [-0.1, -0.05) is 19.0 Å². The Balaban J connectivity index is 2.32. The predicted molar refractivity (Wildman–Crippen MR) is 89.8 cm³/mol. The van der Waals surface area contributed by atoms with Crippen LogP contribution in [0.1, 0.15) is 41.4 Å². The summed E-state index contributed by atoms with van der Waals surface area (Å²) in [6.45, 7) is 11.0. The van der Waals surface area contributed by atoms with E-state index in [9.17, 15) is 4.79 Å². The fourth-order valence-electron chi connectivity index (χ4n) is 2.77. The maximum Gasteiger partial charge on any atom is 0.255 e. The van der Waals surface area contributed by atoms with Crippen molar-refractivity contribution in [1.82, 2.24) is 14.6 Å². The first-order chi connectivity index (χ1) is 10.7. The minimum absolute atomic E-state index is 0.00825. The van der Waals surface area contributed by atoms with Crippen molar-refractivity contribution in [2.75, 3.05) is 20.1 Å². The first kappa shape index (κ1) is 17.3. The molecule has 2 heterocycles. The smallest absolute Gasteiger partial charge is 0.255 e. The molecule has 0 radical (unpaired) electrons. The van der Waals surface area contributed by atoms with E-state index in [2.05, 4.69) is 19.0 Å². The highest BCUT2D eigenvalue weighted by Crippen LogP contribution is 2.23. The molecule has 0 aromatic carbocycles. The lowest BCUT2D eigenvalue weighted by Crippen LogP contribution is -2.39. The lowest BCUT2D eigenvalue weighted by atomic mass is 9.93. The van der Waals surface area contributed by atoms with Crippen LogP contribution in [-0.4, -0.2) is 40.7 Å². The second-order valence-electron chi connectivity index (χ2n) is 6.95. The van der Waals surface area contributed by atoms with Crippen molar-refractivity contribution in [3.8, 4) is 5.82 Å². The summed E-state index contributed by atoms with van der Waals surface area (Å²) in [5.41, 5.74) is 8.15. The number of aryl methyl sites for hydroxylation is 2. The molecule has 2 N–H and O–H groups in total. The van der Waals surface area contributed by atoms with E-state index < -0.39 is 0 Å². The van der Waals surface area contributed by atoms with Crippen LogP contribution in [0, 0.1) is 26.2 Å². The predicted octanol–water partition coefficient (Wildman–Crippen LogP) is 2.45. The van der Waals surface area contributed by atoms with Crippen LogP contribution in [0.25, 0.3) is 5.82 Å². The number of hydrogen-bond acceptors (Lipinski definition) is 4. The van der Waals surface area contributed by atoms with Crippen LogP contribution >= 0.6 is 0 Å². The molecule has 6 heteroatoms. The molecule has 0 aliphatic rings. The topological polar surface area (TPSA) is 77.3 Å². The zero-order chi connectivity index (χ0) is 17.4. The van der Waals surface area contributed by atoms with Crippen LogP contribution in [0.15, 0.2) is 16.7 Å². The minimum Gasteiger partial charge on any atom is -0.360 e. The molecule has 6 nitrogen and oxygen atoms in total. The number of nitrogens with two attached hydrogens (primary N) is 1. The van der Waals surface area contributed by atoms with E-state index in [0.29, 0.717) is 24.5 Å². The number of hydrogen-bond donors (Lipinski definition) is 1. The summed E-state index contributed by atoms with van der Waals surface area (Å²) in [4.78, 5) is 14.5. The number of carbonyl (C=O) groups excluding carboxylic acids is 1. The van der Waals surface area contributed by atoms with Gasteiger partial charge in [-0.05, 0) is 38.8 Å². The van der Waals surface area contributed by atoms with Crippen molar-refractivity contribution in [1.29, 1.82) is 0 Å². The molecule has 0 saturated carbocycles. The lowest BCUT2D eigenvalue weighted by Gasteiger charge is -2.29. The number of nitrogens with zero attached hydrogens (tertiary/aromatic N) is 3. The van der Waals surface area contributed by atoms with Gasteiger partial charge < -0.3 is 15.2 Å². The summed E-state index contributed by atoms with van der Waals surface area (Å²) in [5, 5.41) is 4.04. The molecule has 126 valence electrons. The average molecular weight is 318 g/mol. The molecule has 0 aliphatic heterocycles. The van der Waals surface area contributed by atoms with Gasteiger partial charge in [0.2, 0.25) is 0 Å². The fourth-order valence-corrected chi connectivity index (χ4v) is 2.77. The second kappa shape index (κ2) is 6.20. The van der Waals surface area contributed by atoms with Crippen molar-refractivity contribution < 1.29 is 9.32 Å². The molecule has 2 rings (SSSR count). The molecular weight excluding hydrogens is 292 g/mol. The Morgan fingerprint density at radius 2 is 2.00 bits per heavy atom. The third-order valence-corrected chi connectivity index (χ3v) is 4.07. The Morgan fingerprint density at radius 3 is 2.52 bits per heavy atom. The highest BCUT2D eigenvalue weighted by Gasteiger charge is 2.25. The van der Waals surface area contributed by atoms with E-state index in [0.717, 1.165) is 17.1 Å². The van der Waals surface area contributed by atoms with E-state index >= 15 is 0 Å². The van der Waals surface area contributed by atoms with Crippen molar-refractivity contribution in [2.24, 2.45) is 11.1 Å². The molecule has 0 fully saturated rings. The third kappa shape index (κ3) is 3.47. The summed E-state index contributed by atoms with van der Waals surface area (Å²) >= 11 is 0. The Morgan fingerprint density at radius 1 is 1.35 bits per heavy atom. The summed E-state index contributed by atoms with van der Waals surface area (Å²) in [5.74, 6) is 1.43. The van der Waals surface area contributed by atoms with Gasteiger partial charge in [-0.25, -0.2) is 0 Å². The summed E-state index contributed by atoms with van der Waals surface area (Å²) in [6, 6.07) is 3.75. The average Bonchev–Trinajstić information content (AvgIpc) is 3.01. The Bertz CT molecular complexity index is 712. The van der Waals surface area contributed by atoms with Gasteiger partial charge in [-0.3, -0.25) is 9.36 Å². The molecule has 0 atom stereocenters. The first-order valence-corrected chi connectivity index (χ1v) is 7.74. The highest BCUT2D eigenvalue weighted by molar-refractivity contribution is 5.95. The van der Waals surface area contributed by atoms with Gasteiger partial charge in [-0.15, -0.1) is 0 Å². The largest absolute Gasteiger partial charge is 0.360 e. The van der Waals surface area contributed by atoms with Gasteiger partial charge in [0.15, 0.2) is 5.82 Å². The van der Waals surface area contributed by atoms with Gasteiger partial charge >= 0.3 is 0 Å². The molecule has 0 saturated heterocycles.